The zero-order valence-electron chi connectivity index (χ0n) is 9.23. The van der Waals surface area contributed by atoms with Gasteiger partial charge in [0.25, 0.3) is 0 Å². The number of carboxylic acids is 2. The van der Waals surface area contributed by atoms with Crippen LogP contribution in [0.25, 0.3) is 0 Å². The molecule has 5 heteroatoms. The van der Waals surface area contributed by atoms with Crippen molar-refractivity contribution in [3.8, 4) is 0 Å². The summed E-state index contributed by atoms with van der Waals surface area (Å²) in [7, 11) is 0. The van der Waals surface area contributed by atoms with Gasteiger partial charge < -0.3 is 15.0 Å². The van der Waals surface area contributed by atoms with Crippen molar-refractivity contribution in [2.45, 2.75) is 32.6 Å². The Morgan fingerprint density at radius 1 is 1.40 bits per heavy atom. The van der Waals surface area contributed by atoms with Gasteiger partial charge in [0.15, 0.2) is 0 Å². The number of allylic oxidation sites excluding steroid dienone is 2. The van der Waals surface area contributed by atoms with Crippen LogP contribution >= 0.6 is 0 Å². The summed E-state index contributed by atoms with van der Waals surface area (Å²) in [5.74, 6) is -3.21. The van der Waals surface area contributed by atoms with E-state index in [0.717, 1.165) is 6.42 Å². The minimum atomic E-state index is -1.31. The molecular weight excluding hydrogens is 207 g/mol. The van der Waals surface area contributed by atoms with Crippen LogP contribution in [0.3, 0.4) is 0 Å². The van der Waals surface area contributed by atoms with Crippen LogP contribution in [0.4, 0.5) is 0 Å². The summed E-state index contributed by atoms with van der Waals surface area (Å²) in [4.78, 5) is 20.8. The Hall–Kier alpha value is -0.320. The number of carboxylic acid groups (broad SMARTS) is 2. The maximum Gasteiger partial charge on any atom is 1.00 e. The van der Waals surface area contributed by atoms with Gasteiger partial charge in [-0.25, -0.2) is 0 Å². The van der Waals surface area contributed by atoms with E-state index in [1.165, 1.54) is 0 Å². The Bertz CT molecular complexity index is 225. The third-order valence-electron chi connectivity index (χ3n) is 1.85. The van der Waals surface area contributed by atoms with Crippen molar-refractivity contribution in [1.82, 2.24) is 0 Å². The van der Waals surface area contributed by atoms with Gasteiger partial charge in [0.05, 0.1) is 5.92 Å². The van der Waals surface area contributed by atoms with Crippen LogP contribution in [-0.4, -0.2) is 17.0 Å². The van der Waals surface area contributed by atoms with Crippen LogP contribution in [0.5, 0.6) is 0 Å². The molecule has 0 saturated heterocycles. The van der Waals surface area contributed by atoms with E-state index in [1.807, 2.05) is 19.1 Å². The van der Waals surface area contributed by atoms with E-state index in [1.54, 1.807) is 0 Å². The first-order valence-electron chi connectivity index (χ1n) is 4.65. The van der Waals surface area contributed by atoms with E-state index in [-0.39, 0.29) is 29.6 Å². The Balaban J connectivity index is 0. The first kappa shape index (κ1) is 17.1. The Morgan fingerprint density at radius 2 is 2.00 bits per heavy atom. The second-order valence-corrected chi connectivity index (χ2v) is 3.07. The van der Waals surface area contributed by atoms with E-state index in [2.05, 4.69) is 0 Å². The first-order valence-corrected chi connectivity index (χ1v) is 4.65. The summed E-state index contributed by atoms with van der Waals surface area (Å²) in [6, 6.07) is 0. The molecule has 0 aliphatic carbocycles. The average Bonchev–Trinajstić information content (AvgIpc) is 2.09. The Labute approximate surface area is 112 Å². The monoisotopic (exact) mass is 222 g/mol. The van der Waals surface area contributed by atoms with Crippen LogP contribution in [-0.2, 0) is 9.59 Å². The van der Waals surface area contributed by atoms with Gasteiger partial charge in [-0.2, -0.15) is 0 Å². The fourth-order valence-electron chi connectivity index (χ4n) is 1.10. The summed E-state index contributed by atoms with van der Waals surface area (Å²) >= 11 is 0. The predicted molar refractivity (Wildman–Crippen MR) is 49.4 cm³/mol. The molecule has 0 aromatic heterocycles. The molecular formula is C10H15NaO4. The van der Waals surface area contributed by atoms with E-state index >= 15 is 0 Å². The van der Waals surface area contributed by atoms with E-state index in [4.69, 9.17) is 5.11 Å². The molecule has 0 aliphatic heterocycles. The fourth-order valence-corrected chi connectivity index (χ4v) is 1.10. The molecule has 1 N–H and O–H groups in total. The molecule has 0 aromatic rings. The topological polar surface area (TPSA) is 77.4 Å². The molecule has 0 saturated carbocycles. The zero-order chi connectivity index (χ0) is 11.0. The maximum absolute atomic E-state index is 10.6. The van der Waals surface area contributed by atoms with Gasteiger partial charge in [-0.1, -0.05) is 19.1 Å². The van der Waals surface area contributed by atoms with Crippen LogP contribution in [0.15, 0.2) is 12.2 Å². The fraction of sp³-hybridized carbons (Fsp3) is 0.600. The molecule has 0 spiro atoms. The summed E-state index contributed by atoms with van der Waals surface area (Å²) < 4.78 is 0. The molecule has 0 bridgehead atoms. The van der Waals surface area contributed by atoms with E-state index in [0.29, 0.717) is 12.8 Å². The average molecular weight is 222 g/mol. The van der Waals surface area contributed by atoms with Crippen molar-refractivity contribution in [2.24, 2.45) is 5.92 Å². The minimum absolute atomic E-state index is 0. The van der Waals surface area contributed by atoms with Crippen molar-refractivity contribution in [3.63, 3.8) is 0 Å². The number of aliphatic carboxylic acids is 2. The van der Waals surface area contributed by atoms with Gasteiger partial charge in [-0.15, -0.1) is 0 Å². The number of hydrogen-bond acceptors (Lipinski definition) is 3. The summed E-state index contributed by atoms with van der Waals surface area (Å²) in [6.07, 6.45) is 5.23. The molecule has 4 nitrogen and oxygen atoms in total. The molecule has 0 aliphatic rings. The summed E-state index contributed by atoms with van der Waals surface area (Å²) in [5.41, 5.74) is 0. The summed E-state index contributed by atoms with van der Waals surface area (Å²) in [6.45, 7) is 1.98. The largest absolute Gasteiger partial charge is 1.00 e. The number of carbonyl (C=O) groups excluding carboxylic acids is 1. The van der Waals surface area contributed by atoms with Crippen molar-refractivity contribution in [2.75, 3.05) is 0 Å². The summed E-state index contributed by atoms with van der Waals surface area (Å²) in [5, 5.41) is 18.9. The molecule has 0 fully saturated rings. The van der Waals surface area contributed by atoms with Crippen LogP contribution in [0.2, 0.25) is 0 Å². The molecule has 1 unspecified atom stereocenters. The third-order valence-corrected chi connectivity index (χ3v) is 1.85. The van der Waals surface area contributed by atoms with Gasteiger partial charge in [-0.05, 0) is 19.3 Å². The second-order valence-electron chi connectivity index (χ2n) is 3.07. The van der Waals surface area contributed by atoms with E-state index < -0.39 is 24.3 Å². The second kappa shape index (κ2) is 10.2. The Morgan fingerprint density at radius 3 is 2.40 bits per heavy atom. The number of carbonyl (C=O) groups is 2. The van der Waals surface area contributed by atoms with Crippen molar-refractivity contribution < 1.29 is 49.4 Å². The minimum Gasteiger partial charge on any atom is -0.550 e. The molecule has 0 radical (unpaired) electrons. The van der Waals surface area contributed by atoms with Gasteiger partial charge in [0, 0.05) is 12.4 Å². The molecule has 0 heterocycles. The molecule has 1 atom stereocenters. The molecule has 0 amide bonds. The van der Waals surface area contributed by atoms with Crippen LogP contribution in [0.1, 0.15) is 32.6 Å². The smallest absolute Gasteiger partial charge is 0.550 e. The van der Waals surface area contributed by atoms with Crippen molar-refractivity contribution in [1.29, 1.82) is 0 Å². The van der Waals surface area contributed by atoms with Crippen LogP contribution < -0.4 is 34.7 Å². The first-order chi connectivity index (χ1) is 6.57. The Kier molecular flexibility index (Phi) is 11.6. The van der Waals surface area contributed by atoms with Crippen molar-refractivity contribution in [3.05, 3.63) is 12.2 Å². The SMILES string of the molecule is CC/C=C/CCC(CC(=O)[O-])C(=O)O.[Na+]. The van der Waals surface area contributed by atoms with Crippen LogP contribution in [0, 0.1) is 5.92 Å². The molecule has 15 heavy (non-hydrogen) atoms. The van der Waals surface area contributed by atoms with Gasteiger partial charge in [0.2, 0.25) is 0 Å². The normalized spacial score (nSPS) is 12.1. The van der Waals surface area contributed by atoms with Gasteiger partial charge >= 0.3 is 35.5 Å². The molecule has 0 aromatic carbocycles. The number of hydrogen-bond donors (Lipinski definition) is 1. The maximum atomic E-state index is 10.6. The zero-order valence-corrected chi connectivity index (χ0v) is 11.2. The molecule has 80 valence electrons. The molecule has 0 rings (SSSR count). The number of rotatable bonds is 7. The van der Waals surface area contributed by atoms with E-state index in [9.17, 15) is 14.7 Å². The van der Waals surface area contributed by atoms with Gasteiger partial charge in [-0.3, -0.25) is 4.79 Å². The third kappa shape index (κ3) is 9.97. The quantitative estimate of drug-likeness (QED) is 0.384. The standard InChI is InChI=1S/C10H16O4.Na/c1-2-3-4-5-6-8(10(13)14)7-9(11)12;/h3-4,8H,2,5-7H2,1H3,(H,11,12)(H,13,14);/q;+1/p-1/b4-3+;. The van der Waals surface area contributed by atoms with Gasteiger partial charge in [0.1, 0.15) is 0 Å². The predicted octanol–water partition coefficient (Wildman–Crippen LogP) is -2.42. The van der Waals surface area contributed by atoms with Crippen molar-refractivity contribution >= 4 is 11.9 Å².